The molecule has 3 rings (SSSR count). The highest BCUT2D eigenvalue weighted by atomic mass is 16.5. The van der Waals surface area contributed by atoms with Crippen LogP contribution in [0.25, 0.3) is 11.7 Å². The third kappa shape index (κ3) is 3.71. The van der Waals surface area contributed by atoms with Crippen molar-refractivity contribution >= 4 is 23.2 Å². The fraction of sp³-hybridized carbons (Fsp3) is 0.278. The molecular formula is C18H21N5O. The molecule has 3 heterocycles. The summed E-state index contributed by atoms with van der Waals surface area (Å²) in [6.45, 7) is 2.19. The molecule has 124 valence electrons. The first-order valence-electron chi connectivity index (χ1n) is 8.07. The van der Waals surface area contributed by atoms with Crippen LogP contribution in [0, 0.1) is 0 Å². The molecule has 0 radical (unpaired) electrons. The predicted octanol–water partition coefficient (Wildman–Crippen LogP) is 4.08. The lowest BCUT2D eigenvalue weighted by molar-refractivity contribution is 0.398. The average Bonchev–Trinajstić information content (AvgIpc) is 3.08. The van der Waals surface area contributed by atoms with Crippen molar-refractivity contribution in [2.75, 3.05) is 12.4 Å². The van der Waals surface area contributed by atoms with Crippen LogP contribution in [0.3, 0.4) is 0 Å². The molecule has 0 spiro atoms. The number of anilines is 2. The van der Waals surface area contributed by atoms with Crippen LogP contribution in [0.2, 0.25) is 0 Å². The molecule has 6 heteroatoms. The molecule has 0 saturated heterocycles. The molecule has 3 aromatic rings. The lowest BCUT2D eigenvalue weighted by atomic mass is 10.2. The van der Waals surface area contributed by atoms with Gasteiger partial charge in [0, 0.05) is 24.7 Å². The van der Waals surface area contributed by atoms with Gasteiger partial charge in [-0.1, -0.05) is 25.8 Å². The Balaban J connectivity index is 1.87. The molecule has 0 amide bonds. The van der Waals surface area contributed by atoms with E-state index in [0.29, 0.717) is 11.7 Å². The van der Waals surface area contributed by atoms with Crippen molar-refractivity contribution in [1.29, 1.82) is 0 Å². The van der Waals surface area contributed by atoms with E-state index in [1.807, 2.05) is 28.9 Å². The summed E-state index contributed by atoms with van der Waals surface area (Å²) in [5.41, 5.74) is 2.50. The van der Waals surface area contributed by atoms with Crippen LogP contribution in [0.5, 0.6) is 5.88 Å². The maximum atomic E-state index is 5.08. The zero-order valence-electron chi connectivity index (χ0n) is 13.9. The average molecular weight is 323 g/mol. The minimum absolute atomic E-state index is 0.576. The normalized spacial score (nSPS) is 11.2. The lowest BCUT2D eigenvalue weighted by Gasteiger charge is -2.08. The van der Waals surface area contributed by atoms with Gasteiger partial charge in [0.2, 0.25) is 5.88 Å². The van der Waals surface area contributed by atoms with Crippen molar-refractivity contribution in [3.63, 3.8) is 0 Å². The van der Waals surface area contributed by atoms with E-state index < -0.39 is 0 Å². The highest BCUT2D eigenvalue weighted by molar-refractivity contribution is 5.71. The standard InChI is InChI=1S/C18H21N5O/c1-3-4-5-6-7-15-13-23-11-10-19-18(23)17(22-15)21-14-8-9-16(24-2)20-12-14/h6-13H,3-5H2,1-2H3,(H,21,22)/b7-6+. The van der Waals surface area contributed by atoms with Crippen LogP contribution in [-0.2, 0) is 0 Å². The summed E-state index contributed by atoms with van der Waals surface area (Å²) in [4.78, 5) is 13.2. The second kappa shape index (κ2) is 7.59. The van der Waals surface area contributed by atoms with Crippen LogP contribution in [-0.4, -0.2) is 26.5 Å². The molecule has 0 saturated carbocycles. The summed E-state index contributed by atoms with van der Waals surface area (Å²) in [6.07, 6.45) is 15.0. The Bertz CT molecular complexity index is 823. The van der Waals surface area contributed by atoms with Crippen molar-refractivity contribution in [2.24, 2.45) is 0 Å². The number of unbranched alkanes of at least 4 members (excludes halogenated alkanes) is 2. The van der Waals surface area contributed by atoms with E-state index in [4.69, 9.17) is 4.74 Å². The van der Waals surface area contributed by atoms with E-state index in [2.05, 4.69) is 33.3 Å². The molecule has 0 aromatic carbocycles. The third-order valence-corrected chi connectivity index (χ3v) is 3.61. The first kappa shape index (κ1) is 16.0. The van der Waals surface area contributed by atoms with Crippen LogP contribution in [0.1, 0.15) is 31.9 Å². The molecule has 0 unspecified atom stereocenters. The van der Waals surface area contributed by atoms with E-state index in [0.717, 1.165) is 23.4 Å². The molecule has 0 bridgehead atoms. The second-order valence-corrected chi connectivity index (χ2v) is 5.43. The molecule has 3 aromatic heterocycles. The first-order valence-corrected chi connectivity index (χ1v) is 8.07. The number of nitrogens with one attached hydrogen (secondary N) is 1. The zero-order valence-corrected chi connectivity index (χ0v) is 13.9. The highest BCUT2D eigenvalue weighted by Crippen LogP contribution is 2.20. The summed E-state index contributed by atoms with van der Waals surface area (Å²) in [7, 11) is 1.60. The number of nitrogens with zero attached hydrogens (tertiary/aromatic N) is 4. The summed E-state index contributed by atoms with van der Waals surface area (Å²) < 4.78 is 7.04. The third-order valence-electron chi connectivity index (χ3n) is 3.61. The van der Waals surface area contributed by atoms with Crippen molar-refractivity contribution in [1.82, 2.24) is 19.4 Å². The number of pyridine rings is 1. The largest absolute Gasteiger partial charge is 0.481 e. The first-order chi connectivity index (χ1) is 11.8. The van der Waals surface area contributed by atoms with Crippen molar-refractivity contribution in [2.45, 2.75) is 26.2 Å². The molecule has 1 N–H and O–H groups in total. The van der Waals surface area contributed by atoms with E-state index >= 15 is 0 Å². The van der Waals surface area contributed by atoms with Crippen LogP contribution in [0.15, 0.2) is 43.0 Å². The topological polar surface area (TPSA) is 64.3 Å². The quantitative estimate of drug-likeness (QED) is 0.664. The molecule has 0 aliphatic rings. The summed E-state index contributed by atoms with van der Waals surface area (Å²) in [5.74, 6) is 1.27. The number of aromatic nitrogens is 4. The number of hydrogen-bond donors (Lipinski definition) is 1. The second-order valence-electron chi connectivity index (χ2n) is 5.43. The number of allylic oxidation sites excluding steroid dienone is 1. The van der Waals surface area contributed by atoms with Gasteiger partial charge in [-0.15, -0.1) is 0 Å². The summed E-state index contributed by atoms with van der Waals surface area (Å²) in [6, 6.07) is 3.70. The van der Waals surface area contributed by atoms with Gasteiger partial charge in [-0.3, -0.25) is 0 Å². The van der Waals surface area contributed by atoms with E-state index in [-0.39, 0.29) is 0 Å². The van der Waals surface area contributed by atoms with Crippen molar-refractivity contribution in [3.05, 3.63) is 48.7 Å². The Morgan fingerprint density at radius 1 is 1.29 bits per heavy atom. The van der Waals surface area contributed by atoms with Gasteiger partial charge in [0.1, 0.15) is 0 Å². The zero-order chi connectivity index (χ0) is 16.8. The van der Waals surface area contributed by atoms with Gasteiger partial charge in [-0.2, -0.15) is 0 Å². The Labute approximate surface area is 141 Å². The van der Waals surface area contributed by atoms with Gasteiger partial charge in [0.15, 0.2) is 11.5 Å². The molecular weight excluding hydrogens is 302 g/mol. The van der Waals surface area contributed by atoms with E-state index in [9.17, 15) is 0 Å². The molecule has 0 aliphatic heterocycles. The Morgan fingerprint density at radius 3 is 2.96 bits per heavy atom. The molecule has 0 fully saturated rings. The summed E-state index contributed by atoms with van der Waals surface area (Å²) in [5, 5.41) is 3.28. The monoisotopic (exact) mass is 323 g/mol. The highest BCUT2D eigenvalue weighted by Gasteiger charge is 2.07. The molecule has 0 atom stereocenters. The Morgan fingerprint density at radius 2 is 2.21 bits per heavy atom. The molecule has 6 nitrogen and oxygen atoms in total. The fourth-order valence-electron chi connectivity index (χ4n) is 2.35. The molecule has 0 aliphatic carbocycles. The SMILES string of the molecule is CCCC/C=C/c1cn2ccnc2c(Nc2ccc(OC)nc2)n1. The minimum atomic E-state index is 0.576. The fourth-order valence-corrected chi connectivity index (χ4v) is 2.35. The summed E-state index contributed by atoms with van der Waals surface area (Å²) >= 11 is 0. The Kier molecular flexibility index (Phi) is 5.05. The number of imidazole rings is 1. The number of ether oxygens (including phenoxy) is 1. The lowest BCUT2D eigenvalue weighted by Crippen LogP contribution is -2.00. The van der Waals surface area contributed by atoms with E-state index in [1.54, 1.807) is 25.6 Å². The predicted molar refractivity (Wildman–Crippen MR) is 95.6 cm³/mol. The van der Waals surface area contributed by atoms with Gasteiger partial charge >= 0.3 is 0 Å². The minimum Gasteiger partial charge on any atom is -0.481 e. The van der Waals surface area contributed by atoms with Gasteiger partial charge in [0.25, 0.3) is 0 Å². The Hall–Kier alpha value is -2.89. The maximum absolute atomic E-state index is 5.08. The number of hydrogen-bond acceptors (Lipinski definition) is 5. The van der Waals surface area contributed by atoms with Crippen molar-refractivity contribution in [3.8, 4) is 5.88 Å². The number of fused-ring (bicyclic) bond motifs is 1. The van der Waals surface area contributed by atoms with Crippen LogP contribution in [0.4, 0.5) is 11.5 Å². The van der Waals surface area contributed by atoms with Gasteiger partial charge in [0.05, 0.1) is 24.7 Å². The molecule has 24 heavy (non-hydrogen) atoms. The van der Waals surface area contributed by atoms with Crippen LogP contribution >= 0.6 is 0 Å². The number of rotatable bonds is 7. The number of methoxy groups -OCH3 is 1. The maximum Gasteiger partial charge on any atom is 0.213 e. The smallest absolute Gasteiger partial charge is 0.213 e. The van der Waals surface area contributed by atoms with Gasteiger partial charge in [-0.25, -0.2) is 15.0 Å². The van der Waals surface area contributed by atoms with Crippen molar-refractivity contribution < 1.29 is 4.74 Å². The van der Waals surface area contributed by atoms with Gasteiger partial charge < -0.3 is 14.5 Å². The van der Waals surface area contributed by atoms with E-state index in [1.165, 1.54) is 12.8 Å². The van der Waals surface area contributed by atoms with Gasteiger partial charge in [-0.05, 0) is 18.6 Å². The van der Waals surface area contributed by atoms with Crippen LogP contribution < -0.4 is 10.1 Å².